The number of nitrogens with zero attached hydrogens (tertiary/aromatic N) is 1. The van der Waals surface area contributed by atoms with E-state index in [0.29, 0.717) is 12.0 Å². The summed E-state index contributed by atoms with van der Waals surface area (Å²) in [5.74, 6) is 0.660. The molecule has 1 aliphatic rings. The summed E-state index contributed by atoms with van der Waals surface area (Å²) in [4.78, 5) is 2.38. The van der Waals surface area contributed by atoms with Crippen molar-refractivity contribution >= 4 is 0 Å². The van der Waals surface area contributed by atoms with Gasteiger partial charge < -0.3 is 15.0 Å². The second kappa shape index (κ2) is 6.88. The average Bonchev–Trinajstić information content (AvgIpc) is 2.91. The summed E-state index contributed by atoms with van der Waals surface area (Å²) in [7, 11) is 4.24. The van der Waals surface area contributed by atoms with E-state index in [1.165, 1.54) is 12.0 Å². The van der Waals surface area contributed by atoms with Crippen LogP contribution in [-0.2, 0) is 11.3 Å². The number of hydrogen-bond donors (Lipinski definition) is 1. The Labute approximate surface area is 110 Å². The predicted octanol–water partition coefficient (Wildman–Crippen LogP) is 1.74. The summed E-state index contributed by atoms with van der Waals surface area (Å²) in [6.07, 6.45) is 1.19. The molecule has 1 saturated heterocycles. The number of benzene rings is 1. The Bertz CT molecular complexity index is 336. The van der Waals surface area contributed by atoms with E-state index < -0.39 is 0 Å². The third kappa shape index (κ3) is 3.80. The van der Waals surface area contributed by atoms with Crippen molar-refractivity contribution in [3.63, 3.8) is 0 Å². The quantitative estimate of drug-likeness (QED) is 0.830. The highest BCUT2D eigenvalue weighted by Gasteiger charge is 2.25. The van der Waals surface area contributed by atoms with E-state index in [1.54, 1.807) is 0 Å². The molecule has 1 heterocycles. The molecule has 0 bridgehead atoms. The third-order valence-electron chi connectivity index (χ3n) is 3.71. The number of hydrogen-bond acceptors (Lipinski definition) is 3. The van der Waals surface area contributed by atoms with Crippen molar-refractivity contribution in [3.8, 4) is 0 Å². The Morgan fingerprint density at radius 2 is 2.17 bits per heavy atom. The first-order valence-corrected chi connectivity index (χ1v) is 6.77. The summed E-state index contributed by atoms with van der Waals surface area (Å²) in [6.45, 7) is 3.90. The second-order valence-electron chi connectivity index (χ2n) is 5.20. The van der Waals surface area contributed by atoms with Crippen molar-refractivity contribution < 1.29 is 4.74 Å². The highest BCUT2D eigenvalue weighted by atomic mass is 16.5. The van der Waals surface area contributed by atoms with E-state index in [2.05, 4.69) is 54.6 Å². The Kier molecular flexibility index (Phi) is 5.17. The summed E-state index contributed by atoms with van der Waals surface area (Å²) < 4.78 is 5.48. The van der Waals surface area contributed by atoms with Gasteiger partial charge in [0, 0.05) is 31.7 Å². The monoisotopic (exact) mass is 248 g/mol. The van der Waals surface area contributed by atoms with Gasteiger partial charge in [-0.05, 0) is 26.1 Å². The van der Waals surface area contributed by atoms with Gasteiger partial charge in [-0.25, -0.2) is 0 Å². The van der Waals surface area contributed by atoms with Crippen LogP contribution in [0.5, 0.6) is 0 Å². The van der Waals surface area contributed by atoms with Crippen molar-refractivity contribution in [1.29, 1.82) is 0 Å². The maximum absolute atomic E-state index is 5.48. The molecule has 2 atom stereocenters. The highest BCUT2D eigenvalue weighted by molar-refractivity contribution is 5.14. The van der Waals surface area contributed by atoms with E-state index >= 15 is 0 Å². The van der Waals surface area contributed by atoms with Gasteiger partial charge in [-0.1, -0.05) is 30.3 Å². The predicted molar refractivity (Wildman–Crippen MR) is 74.5 cm³/mol. The maximum atomic E-state index is 5.48. The van der Waals surface area contributed by atoms with Crippen LogP contribution in [0.25, 0.3) is 0 Å². The van der Waals surface area contributed by atoms with Crippen LogP contribution in [0.15, 0.2) is 30.3 Å². The van der Waals surface area contributed by atoms with Gasteiger partial charge in [0.15, 0.2) is 0 Å². The molecule has 0 spiro atoms. The van der Waals surface area contributed by atoms with Crippen LogP contribution in [0, 0.1) is 5.92 Å². The molecule has 100 valence electrons. The van der Waals surface area contributed by atoms with Gasteiger partial charge in [-0.3, -0.25) is 0 Å². The molecular weight excluding hydrogens is 224 g/mol. The van der Waals surface area contributed by atoms with Gasteiger partial charge in [-0.15, -0.1) is 0 Å². The van der Waals surface area contributed by atoms with E-state index in [4.69, 9.17) is 4.74 Å². The molecule has 0 saturated carbocycles. The van der Waals surface area contributed by atoms with Gasteiger partial charge in [0.25, 0.3) is 0 Å². The molecule has 3 nitrogen and oxygen atoms in total. The Hall–Kier alpha value is -0.900. The molecule has 1 aromatic carbocycles. The number of likely N-dealkylation sites (N-methyl/N-ethyl adjacent to an activating group) is 2. The zero-order valence-corrected chi connectivity index (χ0v) is 11.4. The molecule has 0 radical (unpaired) electrons. The summed E-state index contributed by atoms with van der Waals surface area (Å²) >= 11 is 0. The molecule has 18 heavy (non-hydrogen) atoms. The normalized spacial score (nSPS) is 21.4. The third-order valence-corrected chi connectivity index (χ3v) is 3.71. The molecule has 2 rings (SSSR count). The highest BCUT2D eigenvalue weighted by Crippen LogP contribution is 2.17. The largest absolute Gasteiger partial charge is 0.381 e. The van der Waals surface area contributed by atoms with E-state index in [-0.39, 0.29) is 0 Å². The van der Waals surface area contributed by atoms with Gasteiger partial charge in [-0.2, -0.15) is 0 Å². The number of ether oxygens (including phenoxy) is 1. The molecule has 1 N–H and O–H groups in total. The average molecular weight is 248 g/mol. The van der Waals surface area contributed by atoms with Crippen LogP contribution in [0.3, 0.4) is 0 Å². The zero-order valence-electron chi connectivity index (χ0n) is 11.4. The molecule has 3 heteroatoms. The van der Waals surface area contributed by atoms with E-state index in [9.17, 15) is 0 Å². The lowest BCUT2D eigenvalue weighted by atomic mass is 9.98. The first-order valence-electron chi connectivity index (χ1n) is 6.77. The maximum Gasteiger partial charge on any atom is 0.0510 e. The van der Waals surface area contributed by atoms with Crippen LogP contribution in [0.4, 0.5) is 0 Å². The fourth-order valence-electron chi connectivity index (χ4n) is 2.64. The van der Waals surface area contributed by atoms with Crippen molar-refractivity contribution in [2.24, 2.45) is 5.92 Å². The molecule has 0 aromatic heterocycles. The number of nitrogens with one attached hydrogen (secondary N) is 1. The van der Waals surface area contributed by atoms with Crippen molar-refractivity contribution in [2.45, 2.75) is 19.0 Å². The fourth-order valence-corrected chi connectivity index (χ4v) is 2.64. The van der Waals surface area contributed by atoms with Crippen molar-refractivity contribution in [2.75, 3.05) is 33.9 Å². The van der Waals surface area contributed by atoms with Crippen LogP contribution in [-0.4, -0.2) is 44.8 Å². The second-order valence-corrected chi connectivity index (χ2v) is 5.20. The first-order chi connectivity index (χ1) is 8.79. The summed E-state index contributed by atoms with van der Waals surface area (Å²) in [5, 5.41) is 3.44. The van der Waals surface area contributed by atoms with Crippen LogP contribution in [0.1, 0.15) is 12.0 Å². The van der Waals surface area contributed by atoms with Gasteiger partial charge >= 0.3 is 0 Å². The lowest BCUT2D eigenvalue weighted by molar-refractivity contribution is 0.167. The molecule has 1 aromatic rings. The smallest absolute Gasteiger partial charge is 0.0510 e. The van der Waals surface area contributed by atoms with Crippen molar-refractivity contribution in [1.82, 2.24) is 10.2 Å². The lowest BCUT2D eigenvalue weighted by Crippen LogP contribution is -2.43. The molecule has 2 unspecified atom stereocenters. The Morgan fingerprint density at radius 1 is 1.39 bits per heavy atom. The van der Waals surface area contributed by atoms with Gasteiger partial charge in [0.1, 0.15) is 0 Å². The SMILES string of the molecule is CNC(CN(C)Cc1ccccc1)C1CCOC1. The molecule has 1 fully saturated rings. The van der Waals surface area contributed by atoms with E-state index in [0.717, 1.165) is 26.3 Å². The first kappa shape index (κ1) is 13.5. The van der Waals surface area contributed by atoms with Gasteiger partial charge in [0.2, 0.25) is 0 Å². The summed E-state index contributed by atoms with van der Waals surface area (Å²) in [6, 6.07) is 11.2. The minimum Gasteiger partial charge on any atom is -0.381 e. The minimum atomic E-state index is 0.529. The van der Waals surface area contributed by atoms with Crippen LogP contribution in [0.2, 0.25) is 0 Å². The van der Waals surface area contributed by atoms with Crippen LogP contribution >= 0.6 is 0 Å². The van der Waals surface area contributed by atoms with Gasteiger partial charge in [0.05, 0.1) is 6.61 Å². The number of rotatable bonds is 6. The lowest BCUT2D eigenvalue weighted by Gasteiger charge is -2.27. The minimum absolute atomic E-state index is 0.529. The molecule has 1 aliphatic heterocycles. The molecule has 0 amide bonds. The van der Waals surface area contributed by atoms with Crippen LogP contribution < -0.4 is 5.32 Å². The molecule has 0 aliphatic carbocycles. The Balaban J connectivity index is 1.83. The Morgan fingerprint density at radius 3 is 2.78 bits per heavy atom. The van der Waals surface area contributed by atoms with E-state index in [1.807, 2.05) is 0 Å². The topological polar surface area (TPSA) is 24.5 Å². The molecular formula is C15H24N2O. The fraction of sp³-hybridized carbons (Fsp3) is 0.600. The van der Waals surface area contributed by atoms with Crippen molar-refractivity contribution in [3.05, 3.63) is 35.9 Å². The summed E-state index contributed by atoms with van der Waals surface area (Å²) in [5.41, 5.74) is 1.37. The standard InChI is InChI=1S/C15H24N2O/c1-16-15(14-8-9-18-12-14)11-17(2)10-13-6-4-3-5-7-13/h3-7,14-16H,8-12H2,1-2H3. The zero-order chi connectivity index (χ0) is 12.8.